The van der Waals surface area contributed by atoms with Gasteiger partial charge in [-0.05, 0) is 42.0 Å². The van der Waals surface area contributed by atoms with Crippen molar-refractivity contribution in [2.24, 2.45) is 0 Å². The summed E-state index contributed by atoms with van der Waals surface area (Å²) in [7, 11) is 0. The minimum Gasteiger partial charge on any atom is -0.358 e. The van der Waals surface area contributed by atoms with Gasteiger partial charge in [-0.15, -0.1) is 0 Å². The number of piperazine rings is 1. The Morgan fingerprint density at radius 1 is 1.09 bits per heavy atom. The molecule has 0 radical (unpaired) electrons. The highest BCUT2D eigenvalue weighted by atomic mass is 32.1. The molecule has 3 rings (SSSR count). The van der Waals surface area contributed by atoms with Crippen LogP contribution < -0.4 is 10.2 Å². The standard InChI is InChI=1S/C17H19FN4S/c18-15-6-4-14(5-7-15)13-20-17(23)22-11-9-21(10-12-22)16-3-1-2-8-19-16/h1-8H,9-13H2,(H,20,23). The Hall–Kier alpha value is -2.21. The third kappa shape index (κ3) is 4.16. The molecular formula is C17H19FN4S. The highest BCUT2D eigenvalue weighted by Gasteiger charge is 2.19. The average Bonchev–Trinajstić information content (AvgIpc) is 2.62. The van der Waals surface area contributed by atoms with Crippen molar-refractivity contribution in [3.05, 3.63) is 60.0 Å². The molecule has 120 valence electrons. The molecule has 1 aliphatic heterocycles. The first kappa shape index (κ1) is 15.7. The van der Waals surface area contributed by atoms with E-state index < -0.39 is 0 Å². The molecule has 1 N–H and O–H groups in total. The van der Waals surface area contributed by atoms with Gasteiger partial charge in [0.25, 0.3) is 0 Å². The Labute approximate surface area is 140 Å². The summed E-state index contributed by atoms with van der Waals surface area (Å²) in [5.74, 6) is 0.791. The summed E-state index contributed by atoms with van der Waals surface area (Å²) >= 11 is 5.46. The van der Waals surface area contributed by atoms with Gasteiger partial charge in [-0.1, -0.05) is 18.2 Å². The quantitative estimate of drug-likeness (QED) is 0.874. The number of halogens is 1. The first-order valence-electron chi connectivity index (χ1n) is 7.65. The Balaban J connectivity index is 1.47. The number of pyridine rings is 1. The number of benzene rings is 1. The molecule has 2 heterocycles. The molecule has 1 aromatic heterocycles. The van der Waals surface area contributed by atoms with E-state index >= 15 is 0 Å². The molecule has 1 fully saturated rings. The van der Waals surface area contributed by atoms with Crippen LogP contribution in [0.2, 0.25) is 0 Å². The van der Waals surface area contributed by atoms with E-state index in [-0.39, 0.29) is 5.82 Å². The van der Waals surface area contributed by atoms with Gasteiger partial charge in [-0.25, -0.2) is 9.37 Å². The molecule has 23 heavy (non-hydrogen) atoms. The van der Waals surface area contributed by atoms with Crippen LogP contribution in [0.4, 0.5) is 10.2 Å². The molecule has 0 aliphatic carbocycles. The Morgan fingerprint density at radius 2 is 1.83 bits per heavy atom. The Morgan fingerprint density at radius 3 is 2.48 bits per heavy atom. The maximum absolute atomic E-state index is 12.9. The number of rotatable bonds is 3. The summed E-state index contributed by atoms with van der Waals surface area (Å²) in [5, 5.41) is 3.99. The Bertz CT molecular complexity index is 639. The SMILES string of the molecule is Fc1ccc(CNC(=S)N2CCN(c3ccccn3)CC2)cc1. The minimum absolute atomic E-state index is 0.220. The fraction of sp³-hybridized carbons (Fsp3) is 0.294. The summed E-state index contributed by atoms with van der Waals surface area (Å²) < 4.78 is 12.9. The molecule has 1 aromatic carbocycles. The van der Waals surface area contributed by atoms with Gasteiger partial charge in [0.1, 0.15) is 11.6 Å². The number of nitrogens with one attached hydrogen (secondary N) is 1. The van der Waals surface area contributed by atoms with Gasteiger partial charge in [0.05, 0.1) is 0 Å². The second-order valence-electron chi connectivity index (χ2n) is 5.45. The van der Waals surface area contributed by atoms with Crippen molar-refractivity contribution in [2.45, 2.75) is 6.54 Å². The molecule has 0 spiro atoms. The van der Waals surface area contributed by atoms with Gasteiger partial charge in [0.15, 0.2) is 5.11 Å². The first-order chi connectivity index (χ1) is 11.2. The smallest absolute Gasteiger partial charge is 0.169 e. The van der Waals surface area contributed by atoms with Crippen molar-refractivity contribution >= 4 is 23.1 Å². The van der Waals surface area contributed by atoms with Gasteiger partial charge in [0.2, 0.25) is 0 Å². The monoisotopic (exact) mass is 330 g/mol. The molecule has 4 nitrogen and oxygen atoms in total. The van der Waals surface area contributed by atoms with Crippen LogP contribution in [0.15, 0.2) is 48.7 Å². The number of hydrogen-bond donors (Lipinski definition) is 1. The summed E-state index contributed by atoms with van der Waals surface area (Å²) in [6, 6.07) is 12.4. The van der Waals surface area contributed by atoms with Crippen LogP contribution in [0.3, 0.4) is 0 Å². The summed E-state index contributed by atoms with van der Waals surface area (Å²) in [6.45, 7) is 4.14. The number of nitrogens with zero attached hydrogens (tertiary/aromatic N) is 3. The molecule has 0 amide bonds. The van der Waals surface area contributed by atoms with Gasteiger partial charge in [-0.2, -0.15) is 0 Å². The van der Waals surface area contributed by atoms with Crippen LogP contribution in [0.25, 0.3) is 0 Å². The predicted octanol–water partition coefficient (Wildman–Crippen LogP) is 2.42. The zero-order chi connectivity index (χ0) is 16.1. The second kappa shape index (κ2) is 7.37. The molecule has 0 atom stereocenters. The normalized spacial score (nSPS) is 14.7. The van der Waals surface area contributed by atoms with Gasteiger partial charge < -0.3 is 15.1 Å². The van der Waals surface area contributed by atoms with E-state index in [2.05, 4.69) is 20.1 Å². The van der Waals surface area contributed by atoms with Crippen LogP contribution >= 0.6 is 12.2 Å². The molecular weight excluding hydrogens is 311 g/mol. The first-order valence-corrected chi connectivity index (χ1v) is 8.06. The third-order valence-electron chi connectivity index (χ3n) is 3.90. The largest absolute Gasteiger partial charge is 0.358 e. The van der Waals surface area contributed by atoms with Gasteiger partial charge in [0, 0.05) is 38.9 Å². The van der Waals surface area contributed by atoms with Gasteiger partial charge >= 0.3 is 0 Å². The number of anilines is 1. The van der Waals surface area contributed by atoms with E-state index in [4.69, 9.17) is 12.2 Å². The zero-order valence-corrected chi connectivity index (χ0v) is 13.6. The lowest BCUT2D eigenvalue weighted by Gasteiger charge is -2.36. The Kier molecular flexibility index (Phi) is 5.02. The summed E-state index contributed by atoms with van der Waals surface area (Å²) in [5.41, 5.74) is 1.01. The van der Waals surface area contributed by atoms with Crippen molar-refractivity contribution < 1.29 is 4.39 Å². The molecule has 1 aliphatic rings. The van der Waals surface area contributed by atoms with E-state index in [1.54, 1.807) is 12.1 Å². The van der Waals surface area contributed by atoms with E-state index in [0.717, 1.165) is 42.7 Å². The third-order valence-corrected chi connectivity index (χ3v) is 4.30. The van der Waals surface area contributed by atoms with Crippen molar-refractivity contribution in [3.8, 4) is 0 Å². The molecule has 0 bridgehead atoms. The van der Waals surface area contributed by atoms with Crippen molar-refractivity contribution in [1.29, 1.82) is 0 Å². The maximum atomic E-state index is 12.9. The molecule has 2 aromatic rings. The van der Waals surface area contributed by atoms with E-state index in [1.807, 2.05) is 24.4 Å². The van der Waals surface area contributed by atoms with E-state index in [1.165, 1.54) is 12.1 Å². The summed E-state index contributed by atoms with van der Waals surface area (Å²) in [6.07, 6.45) is 1.82. The molecule has 1 saturated heterocycles. The van der Waals surface area contributed by atoms with Crippen LogP contribution in [-0.2, 0) is 6.54 Å². The maximum Gasteiger partial charge on any atom is 0.169 e. The summed E-state index contributed by atoms with van der Waals surface area (Å²) in [4.78, 5) is 8.81. The van der Waals surface area contributed by atoms with Crippen LogP contribution in [0, 0.1) is 5.82 Å². The van der Waals surface area contributed by atoms with E-state index in [9.17, 15) is 4.39 Å². The fourth-order valence-electron chi connectivity index (χ4n) is 2.57. The predicted molar refractivity (Wildman–Crippen MR) is 93.9 cm³/mol. The lowest BCUT2D eigenvalue weighted by Crippen LogP contribution is -2.51. The lowest BCUT2D eigenvalue weighted by molar-refractivity contribution is 0.379. The van der Waals surface area contributed by atoms with Crippen LogP contribution in [-0.4, -0.2) is 41.2 Å². The molecule has 0 unspecified atom stereocenters. The second-order valence-corrected chi connectivity index (χ2v) is 5.83. The zero-order valence-electron chi connectivity index (χ0n) is 12.8. The highest BCUT2D eigenvalue weighted by molar-refractivity contribution is 7.80. The number of aromatic nitrogens is 1. The molecule has 0 saturated carbocycles. The minimum atomic E-state index is -0.220. The van der Waals surface area contributed by atoms with E-state index in [0.29, 0.717) is 6.54 Å². The number of thiocarbonyl (C=S) groups is 1. The topological polar surface area (TPSA) is 31.4 Å². The average molecular weight is 330 g/mol. The van der Waals surface area contributed by atoms with Crippen LogP contribution in [0.5, 0.6) is 0 Å². The van der Waals surface area contributed by atoms with Gasteiger partial charge in [-0.3, -0.25) is 0 Å². The van der Waals surface area contributed by atoms with Crippen molar-refractivity contribution in [3.63, 3.8) is 0 Å². The fourth-order valence-corrected chi connectivity index (χ4v) is 2.83. The number of hydrogen-bond acceptors (Lipinski definition) is 3. The highest BCUT2D eigenvalue weighted by Crippen LogP contribution is 2.12. The van der Waals surface area contributed by atoms with Crippen molar-refractivity contribution in [2.75, 3.05) is 31.1 Å². The van der Waals surface area contributed by atoms with Crippen molar-refractivity contribution in [1.82, 2.24) is 15.2 Å². The lowest BCUT2D eigenvalue weighted by atomic mass is 10.2. The molecule has 6 heteroatoms. The van der Waals surface area contributed by atoms with Crippen LogP contribution in [0.1, 0.15) is 5.56 Å².